The third-order valence-corrected chi connectivity index (χ3v) is 7.07. The summed E-state index contributed by atoms with van der Waals surface area (Å²) in [6.07, 6.45) is 6.51. The molecule has 1 saturated carbocycles. The Hall–Kier alpha value is -0.870. The molecule has 0 aromatic carbocycles. The molecule has 0 heterocycles. The van der Waals surface area contributed by atoms with Gasteiger partial charge in [0.05, 0.1) is 6.10 Å². The summed E-state index contributed by atoms with van der Waals surface area (Å²) in [6.45, 7) is 8.81. The van der Waals surface area contributed by atoms with Crippen LogP contribution in [0, 0.1) is 28.6 Å². The fourth-order valence-corrected chi connectivity index (χ4v) is 5.35. The molecule has 4 heteroatoms. The van der Waals surface area contributed by atoms with Gasteiger partial charge in [0, 0.05) is 12.2 Å². The highest BCUT2D eigenvalue weighted by atomic mass is 16.4. The van der Waals surface area contributed by atoms with Crippen LogP contribution in [0.2, 0.25) is 0 Å². The number of aliphatic hydroxyl groups excluding tert-OH is 2. The summed E-state index contributed by atoms with van der Waals surface area (Å²) in [5.41, 5.74) is 0.296. The summed E-state index contributed by atoms with van der Waals surface area (Å²) in [4.78, 5) is 11.8. The lowest BCUT2D eigenvalue weighted by Crippen LogP contribution is -2.54. The first-order valence-corrected chi connectivity index (χ1v) is 9.36. The van der Waals surface area contributed by atoms with Crippen molar-refractivity contribution < 1.29 is 20.1 Å². The number of hydrogen-bond donors (Lipinski definition) is 3. The largest absolute Gasteiger partial charge is 0.478 e. The predicted octanol–water partition coefficient (Wildman–Crippen LogP) is 3.62. The van der Waals surface area contributed by atoms with Crippen molar-refractivity contribution in [3.05, 3.63) is 11.6 Å². The Kier molecular flexibility index (Phi) is 5.81. The summed E-state index contributed by atoms with van der Waals surface area (Å²) in [7, 11) is 0. The zero-order valence-corrected chi connectivity index (χ0v) is 15.6. The lowest BCUT2D eigenvalue weighted by atomic mass is 9.47. The third-order valence-electron chi connectivity index (χ3n) is 7.07. The maximum Gasteiger partial charge on any atom is 0.331 e. The topological polar surface area (TPSA) is 77.8 Å². The number of aliphatic hydroxyl groups is 2. The first-order valence-electron chi connectivity index (χ1n) is 9.36. The van der Waals surface area contributed by atoms with E-state index in [0.29, 0.717) is 17.4 Å². The van der Waals surface area contributed by atoms with E-state index in [9.17, 15) is 15.0 Å². The average molecular weight is 338 g/mol. The van der Waals surface area contributed by atoms with Gasteiger partial charge in [-0.3, -0.25) is 0 Å². The van der Waals surface area contributed by atoms with E-state index in [2.05, 4.69) is 27.7 Å². The molecule has 0 spiro atoms. The van der Waals surface area contributed by atoms with Gasteiger partial charge in [-0.1, -0.05) is 40.2 Å². The van der Waals surface area contributed by atoms with Gasteiger partial charge in [0.2, 0.25) is 0 Å². The van der Waals surface area contributed by atoms with E-state index in [1.54, 1.807) is 0 Å². The first kappa shape index (κ1) is 19.5. The molecule has 3 N–H and O–H groups in total. The Morgan fingerprint density at radius 1 is 1.33 bits per heavy atom. The van der Waals surface area contributed by atoms with E-state index in [-0.39, 0.29) is 29.5 Å². The van der Waals surface area contributed by atoms with E-state index in [1.807, 2.05) is 6.08 Å². The molecule has 2 aliphatic rings. The van der Waals surface area contributed by atoms with Crippen LogP contribution in [0.5, 0.6) is 0 Å². The van der Waals surface area contributed by atoms with E-state index >= 15 is 0 Å². The molecule has 0 bridgehead atoms. The van der Waals surface area contributed by atoms with E-state index in [0.717, 1.165) is 38.5 Å². The Morgan fingerprint density at radius 3 is 2.58 bits per heavy atom. The molecular formula is C20H34O4. The molecule has 2 rings (SSSR count). The number of aliphatic carboxylic acids is 1. The second kappa shape index (κ2) is 7.17. The van der Waals surface area contributed by atoms with Crippen molar-refractivity contribution in [1.29, 1.82) is 0 Å². The molecule has 0 radical (unpaired) electrons. The van der Waals surface area contributed by atoms with Gasteiger partial charge in [0.15, 0.2) is 0 Å². The van der Waals surface area contributed by atoms with Gasteiger partial charge >= 0.3 is 5.97 Å². The molecule has 2 unspecified atom stereocenters. The average Bonchev–Trinajstić information content (AvgIpc) is 2.49. The van der Waals surface area contributed by atoms with Crippen molar-refractivity contribution in [2.24, 2.45) is 28.6 Å². The van der Waals surface area contributed by atoms with Crippen molar-refractivity contribution in [2.75, 3.05) is 6.61 Å². The SMILES string of the molecule is CC(CCO)CC[C@@H]1C(C(=O)O)=CCC2C(C)(C)[C@H](O)CC[C@]21C. The zero-order chi connectivity index (χ0) is 18.1. The monoisotopic (exact) mass is 338 g/mol. The van der Waals surface area contributed by atoms with Gasteiger partial charge in [-0.15, -0.1) is 0 Å². The summed E-state index contributed by atoms with van der Waals surface area (Å²) in [5.74, 6) is -0.0636. The second-order valence-electron chi connectivity index (χ2n) is 8.88. The van der Waals surface area contributed by atoms with Crippen LogP contribution in [0.15, 0.2) is 11.6 Å². The quantitative estimate of drug-likeness (QED) is 0.691. The summed E-state index contributed by atoms with van der Waals surface area (Å²) in [5, 5.41) is 29.3. The maximum absolute atomic E-state index is 11.8. The Bertz CT molecular complexity index is 496. The van der Waals surface area contributed by atoms with Crippen molar-refractivity contribution in [1.82, 2.24) is 0 Å². The van der Waals surface area contributed by atoms with Gasteiger partial charge in [-0.25, -0.2) is 4.79 Å². The van der Waals surface area contributed by atoms with Crippen LogP contribution < -0.4 is 0 Å². The number of carboxylic acid groups (broad SMARTS) is 1. The third kappa shape index (κ3) is 3.41. The smallest absolute Gasteiger partial charge is 0.331 e. The Labute approximate surface area is 146 Å². The normalized spacial score (nSPS) is 36.6. The lowest BCUT2D eigenvalue weighted by molar-refractivity contribution is -0.139. The molecule has 0 aromatic rings. The fraction of sp³-hybridized carbons (Fsp3) is 0.850. The Balaban J connectivity index is 2.30. The van der Waals surface area contributed by atoms with Crippen LogP contribution in [-0.4, -0.2) is 34.0 Å². The van der Waals surface area contributed by atoms with Crippen LogP contribution in [-0.2, 0) is 4.79 Å². The number of hydrogen-bond acceptors (Lipinski definition) is 3. The van der Waals surface area contributed by atoms with Gasteiger partial charge in [-0.05, 0) is 60.7 Å². The molecule has 0 amide bonds. The van der Waals surface area contributed by atoms with E-state index in [4.69, 9.17) is 5.11 Å². The molecule has 0 aliphatic heterocycles. The minimum Gasteiger partial charge on any atom is -0.478 e. The second-order valence-corrected chi connectivity index (χ2v) is 8.88. The van der Waals surface area contributed by atoms with Crippen LogP contribution in [0.3, 0.4) is 0 Å². The zero-order valence-electron chi connectivity index (χ0n) is 15.6. The standard InChI is InChI=1S/C20H34O4/c1-13(10-12-21)5-7-15-14(18(23)24)6-8-16-19(2,3)17(22)9-11-20(15,16)4/h6,13,15-17,21-22H,5,7-12H2,1-4H3,(H,23,24)/t13?,15-,16?,17-,20+/m1/s1. The highest BCUT2D eigenvalue weighted by Gasteiger charge is 2.56. The first-order chi connectivity index (χ1) is 11.1. The summed E-state index contributed by atoms with van der Waals surface area (Å²) < 4.78 is 0. The molecule has 1 fully saturated rings. The highest BCUT2D eigenvalue weighted by molar-refractivity contribution is 5.87. The predicted molar refractivity (Wildman–Crippen MR) is 94.5 cm³/mol. The highest BCUT2D eigenvalue weighted by Crippen LogP contribution is 2.60. The van der Waals surface area contributed by atoms with Crippen molar-refractivity contribution in [2.45, 2.75) is 72.3 Å². The minimum atomic E-state index is -0.793. The van der Waals surface area contributed by atoms with Crippen LogP contribution in [0.1, 0.15) is 66.2 Å². The van der Waals surface area contributed by atoms with Gasteiger partial charge in [0.25, 0.3) is 0 Å². The van der Waals surface area contributed by atoms with Crippen LogP contribution in [0.4, 0.5) is 0 Å². The molecule has 138 valence electrons. The molecule has 2 aliphatic carbocycles. The summed E-state index contributed by atoms with van der Waals surface area (Å²) >= 11 is 0. The van der Waals surface area contributed by atoms with Crippen LogP contribution in [0.25, 0.3) is 0 Å². The fourth-order valence-electron chi connectivity index (χ4n) is 5.35. The summed E-state index contributed by atoms with van der Waals surface area (Å²) in [6, 6.07) is 0. The number of fused-ring (bicyclic) bond motifs is 1. The number of allylic oxidation sites excluding steroid dienone is 1. The van der Waals surface area contributed by atoms with E-state index in [1.165, 1.54) is 0 Å². The lowest BCUT2D eigenvalue weighted by Gasteiger charge is -2.58. The molecule has 0 aromatic heterocycles. The van der Waals surface area contributed by atoms with Crippen molar-refractivity contribution in [3.8, 4) is 0 Å². The van der Waals surface area contributed by atoms with Gasteiger partial charge in [-0.2, -0.15) is 0 Å². The molecule has 4 nitrogen and oxygen atoms in total. The maximum atomic E-state index is 11.8. The van der Waals surface area contributed by atoms with Gasteiger partial charge < -0.3 is 15.3 Å². The van der Waals surface area contributed by atoms with Crippen LogP contribution >= 0.6 is 0 Å². The molecule has 0 saturated heterocycles. The minimum absolute atomic E-state index is 0.0293. The molecule has 24 heavy (non-hydrogen) atoms. The van der Waals surface area contributed by atoms with Gasteiger partial charge in [0.1, 0.15) is 0 Å². The van der Waals surface area contributed by atoms with E-state index < -0.39 is 5.97 Å². The molecular weight excluding hydrogens is 304 g/mol. The molecule has 5 atom stereocenters. The van der Waals surface area contributed by atoms with Crippen molar-refractivity contribution in [3.63, 3.8) is 0 Å². The van der Waals surface area contributed by atoms with Crippen molar-refractivity contribution >= 4 is 5.97 Å². The number of carboxylic acids is 1. The number of carbonyl (C=O) groups is 1. The number of rotatable bonds is 6. The Morgan fingerprint density at radius 2 is 2.00 bits per heavy atom.